The number of carbonyl (C=O) groups is 3. The van der Waals surface area contributed by atoms with Crippen molar-refractivity contribution >= 4 is 17.8 Å². The maximum atomic E-state index is 12.2. The summed E-state index contributed by atoms with van der Waals surface area (Å²) in [5, 5.41) is 2.48. The maximum absolute atomic E-state index is 12.2. The average Bonchev–Trinajstić information content (AvgIpc) is 2.69. The van der Waals surface area contributed by atoms with Crippen molar-refractivity contribution in [2.24, 2.45) is 11.8 Å². The second kappa shape index (κ2) is 6.04. The molecule has 1 aliphatic rings. The summed E-state index contributed by atoms with van der Waals surface area (Å²) in [5.74, 6) is -2.30. The molecule has 1 aliphatic heterocycles. The quantitative estimate of drug-likeness (QED) is 0.586. The molecule has 1 heterocycles. The molecule has 1 amide bonds. The van der Waals surface area contributed by atoms with Crippen molar-refractivity contribution in [2.75, 3.05) is 13.2 Å². The highest BCUT2D eigenvalue weighted by atomic mass is 16.6. The number of hydrogen-bond donors (Lipinski definition) is 1. The first-order valence-corrected chi connectivity index (χ1v) is 6.55. The lowest BCUT2D eigenvalue weighted by molar-refractivity contribution is -0.169. The molecular weight excluding hydrogens is 250 g/mol. The molecule has 0 aromatic rings. The number of rotatable bonds is 5. The largest absolute Gasteiger partial charge is 0.464 e. The van der Waals surface area contributed by atoms with Crippen molar-refractivity contribution in [3.63, 3.8) is 0 Å². The second-order valence-corrected chi connectivity index (χ2v) is 4.85. The van der Waals surface area contributed by atoms with Gasteiger partial charge in [0.1, 0.15) is 0 Å². The summed E-state index contributed by atoms with van der Waals surface area (Å²) < 4.78 is 9.94. The summed E-state index contributed by atoms with van der Waals surface area (Å²) in [7, 11) is 0. The molecule has 6 heteroatoms. The van der Waals surface area contributed by atoms with Crippen LogP contribution < -0.4 is 5.32 Å². The number of nitrogens with one attached hydrogen (secondary N) is 1. The highest BCUT2D eigenvalue weighted by Crippen LogP contribution is 2.35. The van der Waals surface area contributed by atoms with Gasteiger partial charge in [-0.05, 0) is 19.8 Å². The van der Waals surface area contributed by atoms with Crippen LogP contribution in [0.25, 0.3) is 0 Å². The van der Waals surface area contributed by atoms with Crippen molar-refractivity contribution in [3.8, 4) is 0 Å². The minimum absolute atomic E-state index is 0.0345. The molecule has 0 spiro atoms. The van der Waals surface area contributed by atoms with E-state index in [0.717, 1.165) is 0 Å². The topological polar surface area (TPSA) is 81.7 Å². The van der Waals surface area contributed by atoms with Gasteiger partial charge in [0, 0.05) is 12.3 Å². The molecular formula is C13H21NO5. The van der Waals surface area contributed by atoms with Gasteiger partial charge in [0.25, 0.3) is 0 Å². The lowest BCUT2D eigenvalue weighted by Gasteiger charge is -2.32. The first kappa shape index (κ1) is 15.5. The molecule has 108 valence electrons. The van der Waals surface area contributed by atoms with Crippen LogP contribution in [0.2, 0.25) is 0 Å². The Bertz CT molecular complexity index is 359. The second-order valence-electron chi connectivity index (χ2n) is 4.85. The Morgan fingerprint density at radius 3 is 2.11 bits per heavy atom. The summed E-state index contributed by atoms with van der Waals surface area (Å²) in [5.41, 5.74) is -1.70. The Hall–Kier alpha value is -1.59. The molecule has 1 rings (SSSR count). The summed E-state index contributed by atoms with van der Waals surface area (Å²) in [6.45, 7) is 7.30. The van der Waals surface area contributed by atoms with Crippen molar-refractivity contribution < 1.29 is 23.9 Å². The predicted octanol–water partition coefficient (Wildman–Crippen LogP) is 0.643. The minimum Gasteiger partial charge on any atom is -0.464 e. The van der Waals surface area contributed by atoms with E-state index in [1.54, 1.807) is 13.8 Å². The normalized spacial score (nSPS) is 21.1. The van der Waals surface area contributed by atoms with Crippen LogP contribution in [0.15, 0.2) is 0 Å². The number of esters is 2. The standard InChI is InChI=1S/C13H21NO5/c1-5-18-11(16)13(12(17)19-6-2)9(8(3)4)7-10(15)14-13/h8-9H,5-7H2,1-4H3,(H,14,15). The van der Waals surface area contributed by atoms with Crippen LogP contribution in [0.1, 0.15) is 34.1 Å². The zero-order chi connectivity index (χ0) is 14.6. The minimum atomic E-state index is -1.70. The molecule has 1 N–H and O–H groups in total. The SMILES string of the molecule is CCOC(=O)C1(C(=O)OCC)NC(=O)CC1C(C)C. The highest BCUT2D eigenvalue weighted by molar-refractivity contribution is 6.10. The predicted molar refractivity (Wildman–Crippen MR) is 67.1 cm³/mol. The van der Waals surface area contributed by atoms with Crippen LogP contribution >= 0.6 is 0 Å². The number of ether oxygens (including phenoxy) is 2. The number of hydrogen-bond acceptors (Lipinski definition) is 5. The van der Waals surface area contributed by atoms with Crippen LogP contribution in [0.4, 0.5) is 0 Å². The van der Waals surface area contributed by atoms with E-state index in [4.69, 9.17) is 9.47 Å². The molecule has 0 aromatic carbocycles. The van der Waals surface area contributed by atoms with Gasteiger partial charge < -0.3 is 14.8 Å². The molecule has 0 aromatic heterocycles. The molecule has 0 saturated carbocycles. The zero-order valence-corrected chi connectivity index (χ0v) is 11.8. The fourth-order valence-electron chi connectivity index (χ4n) is 2.43. The summed E-state index contributed by atoms with van der Waals surface area (Å²) in [4.78, 5) is 36.1. The van der Waals surface area contributed by atoms with E-state index in [1.165, 1.54) is 0 Å². The third-order valence-electron chi connectivity index (χ3n) is 3.30. The molecule has 1 atom stereocenters. The zero-order valence-electron chi connectivity index (χ0n) is 11.8. The van der Waals surface area contributed by atoms with Crippen LogP contribution in [0, 0.1) is 11.8 Å². The third kappa shape index (κ3) is 2.72. The summed E-state index contributed by atoms with van der Waals surface area (Å²) in [6, 6.07) is 0. The van der Waals surface area contributed by atoms with Crippen LogP contribution in [-0.4, -0.2) is 36.6 Å². The van der Waals surface area contributed by atoms with Gasteiger partial charge in [0.15, 0.2) is 0 Å². The number of amides is 1. The summed E-state index contributed by atoms with van der Waals surface area (Å²) >= 11 is 0. The summed E-state index contributed by atoms with van der Waals surface area (Å²) in [6.07, 6.45) is 0.120. The van der Waals surface area contributed by atoms with E-state index >= 15 is 0 Å². The molecule has 0 aliphatic carbocycles. The molecule has 0 radical (unpaired) electrons. The van der Waals surface area contributed by atoms with Gasteiger partial charge in [-0.2, -0.15) is 0 Å². The van der Waals surface area contributed by atoms with Crippen molar-refractivity contribution in [3.05, 3.63) is 0 Å². The van der Waals surface area contributed by atoms with Gasteiger partial charge in [-0.25, -0.2) is 9.59 Å². The van der Waals surface area contributed by atoms with E-state index < -0.39 is 23.4 Å². The van der Waals surface area contributed by atoms with Gasteiger partial charge in [-0.15, -0.1) is 0 Å². The Morgan fingerprint density at radius 1 is 1.26 bits per heavy atom. The molecule has 6 nitrogen and oxygen atoms in total. The first-order chi connectivity index (χ1) is 8.90. The van der Waals surface area contributed by atoms with E-state index in [-0.39, 0.29) is 31.5 Å². The lowest BCUT2D eigenvalue weighted by atomic mass is 9.78. The van der Waals surface area contributed by atoms with E-state index in [1.807, 2.05) is 13.8 Å². The van der Waals surface area contributed by atoms with Gasteiger partial charge in [0.2, 0.25) is 11.4 Å². The first-order valence-electron chi connectivity index (χ1n) is 6.55. The van der Waals surface area contributed by atoms with E-state index in [0.29, 0.717) is 0 Å². The smallest absolute Gasteiger partial charge is 0.344 e. The Labute approximate surface area is 112 Å². The number of carbonyl (C=O) groups excluding carboxylic acids is 3. The van der Waals surface area contributed by atoms with Crippen LogP contribution in [0.3, 0.4) is 0 Å². The molecule has 1 saturated heterocycles. The van der Waals surface area contributed by atoms with Crippen LogP contribution in [0.5, 0.6) is 0 Å². The van der Waals surface area contributed by atoms with E-state index in [9.17, 15) is 14.4 Å². The Kier molecular flexibility index (Phi) is 4.91. The van der Waals surface area contributed by atoms with Crippen molar-refractivity contribution in [2.45, 2.75) is 39.7 Å². The van der Waals surface area contributed by atoms with Gasteiger partial charge >= 0.3 is 11.9 Å². The monoisotopic (exact) mass is 271 g/mol. The molecule has 0 bridgehead atoms. The van der Waals surface area contributed by atoms with Crippen molar-refractivity contribution in [1.29, 1.82) is 0 Å². The van der Waals surface area contributed by atoms with Crippen LogP contribution in [-0.2, 0) is 23.9 Å². The van der Waals surface area contributed by atoms with E-state index in [2.05, 4.69) is 5.32 Å². The molecule has 19 heavy (non-hydrogen) atoms. The van der Waals surface area contributed by atoms with Gasteiger partial charge in [-0.3, -0.25) is 4.79 Å². The maximum Gasteiger partial charge on any atom is 0.344 e. The fourth-order valence-corrected chi connectivity index (χ4v) is 2.43. The average molecular weight is 271 g/mol. The molecule has 1 fully saturated rings. The molecule has 1 unspecified atom stereocenters. The van der Waals surface area contributed by atoms with Gasteiger partial charge in [0.05, 0.1) is 13.2 Å². The Balaban J connectivity index is 3.20. The highest BCUT2D eigenvalue weighted by Gasteiger charge is 2.61. The fraction of sp³-hybridized carbons (Fsp3) is 0.769. The van der Waals surface area contributed by atoms with Gasteiger partial charge in [-0.1, -0.05) is 13.8 Å². The lowest BCUT2D eigenvalue weighted by Crippen LogP contribution is -2.61. The Morgan fingerprint density at radius 2 is 1.74 bits per heavy atom. The van der Waals surface area contributed by atoms with Crippen molar-refractivity contribution in [1.82, 2.24) is 5.32 Å². The third-order valence-corrected chi connectivity index (χ3v) is 3.30.